The summed E-state index contributed by atoms with van der Waals surface area (Å²) < 4.78 is 8.31. The monoisotopic (exact) mass is 459 g/mol. The Hall–Kier alpha value is -3.66. The minimum Gasteiger partial charge on any atom is -0.337 e. The molecule has 0 N–H and O–H groups in total. The van der Waals surface area contributed by atoms with Gasteiger partial charge in [-0.25, -0.2) is 15.0 Å². The second kappa shape index (κ2) is 7.45. The number of aryl methyl sites for hydroxylation is 1. The molecule has 0 spiro atoms. The zero-order valence-corrected chi connectivity index (χ0v) is 19.0. The quantitative estimate of drug-likeness (QED) is 0.406. The van der Waals surface area contributed by atoms with Crippen LogP contribution in [0.15, 0.2) is 45.6 Å². The number of benzene rings is 1. The molecular weight excluding hydrogens is 438 g/mol. The van der Waals surface area contributed by atoms with E-state index in [1.54, 1.807) is 36.3 Å². The van der Waals surface area contributed by atoms with E-state index in [4.69, 9.17) is 4.52 Å². The maximum absolute atomic E-state index is 12.8. The Bertz CT molecular complexity index is 1430. The molecule has 3 heterocycles. The molecule has 1 saturated carbocycles. The molecule has 10 heteroatoms. The number of thiazole rings is 1. The maximum Gasteiger partial charge on any atom is 0.274 e. The molecule has 2 aliphatic carbocycles. The Morgan fingerprint density at radius 2 is 2.27 bits per heavy atom. The minimum absolute atomic E-state index is 0.213. The van der Waals surface area contributed by atoms with Gasteiger partial charge in [0.2, 0.25) is 5.89 Å². The fourth-order valence-electron chi connectivity index (χ4n) is 4.78. The Morgan fingerprint density at radius 3 is 3.06 bits per heavy atom. The van der Waals surface area contributed by atoms with Gasteiger partial charge in [-0.2, -0.15) is 4.98 Å². The third-order valence-corrected chi connectivity index (χ3v) is 7.36. The zero-order valence-electron chi connectivity index (χ0n) is 18.2. The summed E-state index contributed by atoms with van der Waals surface area (Å²) in [6, 6.07) is 6.50. The van der Waals surface area contributed by atoms with Crippen molar-refractivity contribution in [2.45, 2.75) is 18.9 Å². The zero-order chi connectivity index (χ0) is 22.7. The molecular formula is C23H21N7O2S. The lowest BCUT2D eigenvalue weighted by molar-refractivity contribution is 0.0761. The molecule has 0 radical (unpaired) electrons. The molecule has 1 amide bonds. The smallest absolute Gasteiger partial charge is 0.274 e. The van der Waals surface area contributed by atoms with E-state index in [9.17, 15) is 4.79 Å². The van der Waals surface area contributed by atoms with Crippen molar-refractivity contribution < 1.29 is 9.32 Å². The van der Waals surface area contributed by atoms with Crippen LogP contribution in [0.1, 0.15) is 40.1 Å². The van der Waals surface area contributed by atoms with E-state index < -0.39 is 0 Å². The summed E-state index contributed by atoms with van der Waals surface area (Å²) in [4.78, 5) is 31.3. The molecule has 6 rings (SSSR count). The van der Waals surface area contributed by atoms with Gasteiger partial charge in [0.1, 0.15) is 6.54 Å². The number of allylic oxidation sites excluding steroid dienone is 2. The summed E-state index contributed by atoms with van der Waals surface area (Å²) in [5, 5.41) is 4.21. The molecule has 0 aliphatic heterocycles. The predicted molar refractivity (Wildman–Crippen MR) is 124 cm³/mol. The lowest BCUT2D eigenvalue weighted by Gasteiger charge is -2.15. The molecule has 2 aliphatic rings. The SMILES string of the molecule is C=Nc1ncn(C)c1C(=O)N(C)Cc1nc([C@@H]2[C@H]3C=C(c4ccc5scnc5c4)C[C@H]32)no1. The number of hydrogen-bond acceptors (Lipinski definition) is 8. The van der Waals surface area contributed by atoms with E-state index in [0.717, 1.165) is 17.8 Å². The Balaban J connectivity index is 1.13. The first-order chi connectivity index (χ1) is 16.0. The second-order valence-corrected chi connectivity index (χ2v) is 9.48. The van der Waals surface area contributed by atoms with Gasteiger partial charge >= 0.3 is 0 Å². The maximum atomic E-state index is 12.8. The third-order valence-electron chi connectivity index (χ3n) is 6.55. The topological polar surface area (TPSA) is 102 Å². The molecule has 3 aromatic heterocycles. The van der Waals surface area contributed by atoms with Gasteiger partial charge in [-0.15, -0.1) is 11.3 Å². The van der Waals surface area contributed by atoms with Gasteiger partial charge in [0.15, 0.2) is 17.3 Å². The highest BCUT2D eigenvalue weighted by atomic mass is 32.1. The van der Waals surface area contributed by atoms with Gasteiger partial charge in [-0.1, -0.05) is 17.3 Å². The average molecular weight is 460 g/mol. The van der Waals surface area contributed by atoms with Crippen molar-refractivity contribution in [3.8, 4) is 0 Å². The Labute approximate surface area is 193 Å². The first-order valence-electron chi connectivity index (χ1n) is 10.6. The molecule has 0 saturated heterocycles. The molecule has 1 aromatic carbocycles. The number of carbonyl (C=O) groups is 1. The van der Waals surface area contributed by atoms with Crippen LogP contribution in [0.4, 0.5) is 5.82 Å². The van der Waals surface area contributed by atoms with Gasteiger partial charge in [0.25, 0.3) is 5.91 Å². The number of amides is 1. The highest BCUT2D eigenvalue weighted by Gasteiger charge is 2.55. The van der Waals surface area contributed by atoms with E-state index in [0.29, 0.717) is 29.2 Å². The Morgan fingerprint density at radius 1 is 1.39 bits per heavy atom. The molecule has 4 aromatic rings. The van der Waals surface area contributed by atoms with Crippen molar-refractivity contribution in [2.75, 3.05) is 7.05 Å². The van der Waals surface area contributed by atoms with Crippen molar-refractivity contribution >= 4 is 45.6 Å². The lowest BCUT2D eigenvalue weighted by atomic mass is 10.0. The van der Waals surface area contributed by atoms with Gasteiger partial charge in [-0.3, -0.25) is 4.79 Å². The normalized spacial score (nSPS) is 21.2. The number of imidazole rings is 1. The van der Waals surface area contributed by atoms with Crippen LogP contribution in [0.2, 0.25) is 0 Å². The van der Waals surface area contributed by atoms with Crippen LogP contribution < -0.4 is 0 Å². The van der Waals surface area contributed by atoms with Crippen LogP contribution in [0.25, 0.3) is 15.8 Å². The van der Waals surface area contributed by atoms with Crippen molar-refractivity contribution in [3.63, 3.8) is 0 Å². The van der Waals surface area contributed by atoms with Crippen molar-refractivity contribution in [3.05, 3.63) is 59.1 Å². The van der Waals surface area contributed by atoms with Crippen LogP contribution in [0.3, 0.4) is 0 Å². The minimum atomic E-state index is -0.231. The van der Waals surface area contributed by atoms with E-state index in [1.165, 1.54) is 20.7 Å². The summed E-state index contributed by atoms with van der Waals surface area (Å²) >= 11 is 1.66. The summed E-state index contributed by atoms with van der Waals surface area (Å²) in [6.45, 7) is 3.69. The number of aromatic nitrogens is 5. The van der Waals surface area contributed by atoms with Crippen molar-refractivity contribution in [1.29, 1.82) is 0 Å². The van der Waals surface area contributed by atoms with Crippen LogP contribution in [0, 0.1) is 11.8 Å². The van der Waals surface area contributed by atoms with Gasteiger partial charge < -0.3 is 14.0 Å². The standard InChI is InChI=1S/C23H21N7O2S/c1-24-22-20(30(3)10-25-22)23(31)29(2)9-18-27-21(28-32-18)19-14-6-13(7-15(14)19)12-4-5-17-16(8-12)26-11-33-17/h4-6,8,10-11,14-15,19H,1,7,9H2,2-3H3/t14-,15+,19+/m0/s1. The fourth-order valence-corrected chi connectivity index (χ4v) is 5.44. The van der Waals surface area contributed by atoms with Gasteiger partial charge in [-0.05, 0) is 48.2 Å². The number of aliphatic imine (C=N–C) groups is 1. The van der Waals surface area contributed by atoms with Crippen molar-refractivity contribution in [1.82, 2.24) is 29.6 Å². The molecule has 9 nitrogen and oxygen atoms in total. The predicted octanol–water partition coefficient (Wildman–Crippen LogP) is 3.83. The molecule has 33 heavy (non-hydrogen) atoms. The summed E-state index contributed by atoms with van der Waals surface area (Å²) in [5.74, 6) is 2.44. The molecule has 3 atom stereocenters. The highest BCUT2D eigenvalue weighted by Crippen LogP contribution is 2.62. The fraction of sp³-hybridized carbons (Fsp3) is 0.304. The van der Waals surface area contributed by atoms with Gasteiger partial charge in [0.05, 0.1) is 22.1 Å². The van der Waals surface area contributed by atoms with E-state index in [2.05, 4.69) is 56.1 Å². The average Bonchev–Trinajstić information content (AvgIpc) is 3.40. The van der Waals surface area contributed by atoms with Crippen LogP contribution in [0.5, 0.6) is 0 Å². The van der Waals surface area contributed by atoms with E-state index >= 15 is 0 Å². The summed E-state index contributed by atoms with van der Waals surface area (Å²) in [7, 11) is 3.43. The van der Waals surface area contributed by atoms with E-state index in [-0.39, 0.29) is 18.4 Å². The third kappa shape index (κ3) is 3.29. The van der Waals surface area contributed by atoms with Crippen LogP contribution in [-0.4, -0.2) is 49.2 Å². The lowest BCUT2D eigenvalue weighted by Crippen LogP contribution is -2.28. The number of carbonyl (C=O) groups excluding carboxylic acids is 1. The van der Waals surface area contributed by atoms with Gasteiger partial charge in [0, 0.05) is 20.0 Å². The number of rotatable bonds is 6. The van der Waals surface area contributed by atoms with Crippen LogP contribution in [-0.2, 0) is 13.6 Å². The molecule has 0 unspecified atom stereocenters. The largest absolute Gasteiger partial charge is 0.337 e. The van der Waals surface area contributed by atoms with Crippen molar-refractivity contribution in [2.24, 2.45) is 23.9 Å². The first kappa shape index (κ1) is 20.0. The second-order valence-electron chi connectivity index (χ2n) is 8.59. The van der Waals surface area contributed by atoms with Crippen LogP contribution >= 0.6 is 11.3 Å². The number of hydrogen-bond donors (Lipinski definition) is 0. The first-order valence-corrected chi connectivity index (χ1v) is 11.5. The molecule has 0 bridgehead atoms. The summed E-state index contributed by atoms with van der Waals surface area (Å²) in [5.41, 5.74) is 5.93. The Kier molecular flexibility index (Phi) is 4.51. The number of nitrogens with zero attached hydrogens (tertiary/aromatic N) is 7. The molecule has 166 valence electrons. The highest BCUT2D eigenvalue weighted by molar-refractivity contribution is 7.16. The van der Waals surface area contributed by atoms with E-state index in [1.807, 2.05) is 5.51 Å². The molecule has 1 fully saturated rings. The number of fused-ring (bicyclic) bond motifs is 2. The summed E-state index contributed by atoms with van der Waals surface area (Å²) in [6.07, 6.45) is 4.89.